The van der Waals surface area contributed by atoms with Crippen molar-refractivity contribution in [1.29, 1.82) is 0 Å². The molecule has 0 radical (unpaired) electrons. The number of aliphatic hydroxyl groups excluding tert-OH is 1. The van der Waals surface area contributed by atoms with Crippen LogP contribution >= 0.6 is 0 Å². The minimum absolute atomic E-state index is 0. The lowest BCUT2D eigenvalue weighted by Crippen LogP contribution is -2.22. The van der Waals surface area contributed by atoms with E-state index < -0.39 is 11.8 Å². The van der Waals surface area contributed by atoms with Gasteiger partial charge in [-0.15, -0.1) is 13.2 Å². The third-order valence-corrected chi connectivity index (χ3v) is 6.26. The van der Waals surface area contributed by atoms with Crippen LogP contribution in [0.4, 0.5) is 13.2 Å². The summed E-state index contributed by atoms with van der Waals surface area (Å²) in [7, 11) is 0. The first-order valence-electron chi connectivity index (χ1n) is 10.8. The molecule has 0 unspecified atom stereocenters. The van der Waals surface area contributed by atoms with Crippen molar-refractivity contribution in [2.75, 3.05) is 6.79 Å². The lowest BCUT2D eigenvalue weighted by Gasteiger charge is -2.17. The predicted molar refractivity (Wildman–Crippen MR) is 119 cm³/mol. The second kappa shape index (κ2) is 8.36. The SMILES string of the molecule is O=C(Cc1ccc(OC(F)(F)F)c(-c2cccc(CO)c2)c1)C1(c2ccc3c(c2)OCO3)CC1.[HH]. The molecule has 1 aliphatic carbocycles. The molecule has 0 saturated heterocycles. The van der Waals surface area contributed by atoms with Crippen molar-refractivity contribution in [3.8, 4) is 28.4 Å². The van der Waals surface area contributed by atoms with Crippen molar-refractivity contribution < 1.29 is 38.7 Å². The number of halogens is 3. The first kappa shape index (κ1) is 22.3. The molecule has 8 heteroatoms. The fourth-order valence-corrected chi connectivity index (χ4v) is 4.37. The molecular formula is C26H23F3O5. The summed E-state index contributed by atoms with van der Waals surface area (Å²) in [6.45, 7) is -0.105. The third kappa shape index (κ3) is 4.33. The van der Waals surface area contributed by atoms with E-state index in [1.54, 1.807) is 36.4 Å². The van der Waals surface area contributed by atoms with E-state index in [1.165, 1.54) is 12.1 Å². The topological polar surface area (TPSA) is 65.0 Å². The van der Waals surface area contributed by atoms with Crippen molar-refractivity contribution >= 4 is 5.78 Å². The van der Waals surface area contributed by atoms with E-state index in [4.69, 9.17) is 9.47 Å². The van der Waals surface area contributed by atoms with Crippen LogP contribution in [0.3, 0.4) is 0 Å². The Kier molecular flexibility index (Phi) is 5.48. The van der Waals surface area contributed by atoms with Crippen LogP contribution in [0, 0.1) is 0 Å². The van der Waals surface area contributed by atoms with E-state index in [2.05, 4.69) is 4.74 Å². The molecule has 34 heavy (non-hydrogen) atoms. The number of ketones is 1. The number of rotatable bonds is 7. The van der Waals surface area contributed by atoms with Crippen molar-refractivity contribution in [1.82, 2.24) is 0 Å². The molecule has 0 spiro atoms. The number of fused-ring (bicyclic) bond motifs is 1. The number of Topliss-reactive ketones (excluding diaryl/α,β-unsaturated/α-hetero) is 1. The van der Waals surface area contributed by atoms with Crippen molar-refractivity contribution in [2.45, 2.75) is 37.6 Å². The minimum Gasteiger partial charge on any atom is -0.454 e. The molecule has 1 N–H and O–H groups in total. The molecule has 0 amide bonds. The Morgan fingerprint density at radius 2 is 1.79 bits per heavy atom. The summed E-state index contributed by atoms with van der Waals surface area (Å²) in [5.74, 6) is 0.875. The molecular weight excluding hydrogens is 449 g/mol. The molecule has 2 aliphatic rings. The van der Waals surface area contributed by atoms with Gasteiger partial charge in [0.25, 0.3) is 0 Å². The summed E-state index contributed by atoms with van der Waals surface area (Å²) in [6.07, 6.45) is -3.40. The lowest BCUT2D eigenvalue weighted by molar-refractivity contribution is -0.274. The maximum Gasteiger partial charge on any atom is 0.573 e. The number of carbonyl (C=O) groups excluding carboxylic acids is 1. The van der Waals surface area contributed by atoms with Gasteiger partial charge >= 0.3 is 6.36 Å². The van der Waals surface area contributed by atoms with Gasteiger partial charge in [0, 0.05) is 13.4 Å². The number of carbonyl (C=O) groups is 1. The number of benzene rings is 3. The van der Waals surface area contributed by atoms with Crippen LogP contribution in [0.15, 0.2) is 60.7 Å². The molecule has 5 nitrogen and oxygen atoms in total. The first-order chi connectivity index (χ1) is 16.3. The molecule has 0 atom stereocenters. The standard InChI is InChI=1S/C26H21F3O5.H2/c27-26(28,29)34-21-6-4-16(11-20(21)18-3-1-2-17(10-18)14-30)12-24(31)25(8-9-25)19-5-7-22-23(13-19)33-15-32-22;/h1-7,10-11,13,30H,8-9,12,14-15H2;1H. The number of hydrogen-bond acceptors (Lipinski definition) is 5. The van der Waals surface area contributed by atoms with Gasteiger partial charge in [-0.05, 0) is 65.4 Å². The molecule has 1 saturated carbocycles. The van der Waals surface area contributed by atoms with E-state index in [0.717, 1.165) is 5.56 Å². The van der Waals surface area contributed by atoms with Gasteiger partial charge < -0.3 is 19.3 Å². The van der Waals surface area contributed by atoms with Crippen LogP contribution in [0.2, 0.25) is 0 Å². The van der Waals surface area contributed by atoms with Gasteiger partial charge in [0.1, 0.15) is 11.5 Å². The van der Waals surface area contributed by atoms with Gasteiger partial charge in [-0.25, -0.2) is 0 Å². The van der Waals surface area contributed by atoms with Gasteiger partial charge in [0.2, 0.25) is 6.79 Å². The second-order valence-corrected chi connectivity index (χ2v) is 8.49. The van der Waals surface area contributed by atoms with Crippen LogP contribution in [0.5, 0.6) is 17.2 Å². The van der Waals surface area contributed by atoms with Gasteiger partial charge in [-0.3, -0.25) is 4.79 Å². The maximum absolute atomic E-state index is 13.3. The Labute approximate surface area is 195 Å². The average molecular weight is 472 g/mol. The van der Waals surface area contributed by atoms with Gasteiger partial charge in [-0.1, -0.05) is 30.3 Å². The Hall–Kier alpha value is -3.52. The zero-order chi connectivity index (χ0) is 23.9. The fraction of sp³-hybridized carbons (Fsp3) is 0.269. The minimum atomic E-state index is -4.86. The van der Waals surface area contributed by atoms with Crippen LogP contribution in [-0.2, 0) is 23.2 Å². The van der Waals surface area contributed by atoms with Gasteiger partial charge in [0.15, 0.2) is 11.5 Å². The number of hydrogen-bond donors (Lipinski definition) is 1. The normalized spacial score (nSPS) is 15.8. The Balaban J connectivity index is 0.00000289. The molecule has 1 fully saturated rings. The molecule has 0 bridgehead atoms. The molecule has 5 rings (SSSR count). The summed E-state index contributed by atoms with van der Waals surface area (Å²) in [5.41, 5.74) is 2.02. The zero-order valence-corrected chi connectivity index (χ0v) is 18.0. The van der Waals surface area contributed by atoms with Gasteiger partial charge in [0.05, 0.1) is 12.0 Å². The molecule has 3 aromatic carbocycles. The fourth-order valence-electron chi connectivity index (χ4n) is 4.37. The number of aliphatic hydroxyl groups is 1. The molecule has 178 valence electrons. The average Bonchev–Trinajstić information content (AvgIpc) is 3.50. The Bertz CT molecular complexity index is 1250. The Morgan fingerprint density at radius 1 is 1.00 bits per heavy atom. The van der Waals surface area contributed by atoms with E-state index in [-0.39, 0.29) is 38.3 Å². The maximum atomic E-state index is 13.3. The molecule has 0 aromatic heterocycles. The van der Waals surface area contributed by atoms with Crippen LogP contribution < -0.4 is 14.2 Å². The quantitative estimate of drug-likeness (QED) is 0.488. The largest absolute Gasteiger partial charge is 0.573 e. The summed E-state index contributed by atoms with van der Waals surface area (Å²) in [4.78, 5) is 13.3. The molecule has 1 heterocycles. The lowest BCUT2D eigenvalue weighted by atomic mass is 9.87. The summed E-state index contributed by atoms with van der Waals surface area (Å²) < 4.78 is 54.0. The van der Waals surface area contributed by atoms with E-state index >= 15 is 0 Å². The first-order valence-corrected chi connectivity index (χ1v) is 10.8. The highest BCUT2D eigenvalue weighted by Gasteiger charge is 2.50. The summed E-state index contributed by atoms with van der Waals surface area (Å²) in [5, 5.41) is 9.43. The summed E-state index contributed by atoms with van der Waals surface area (Å²) >= 11 is 0. The van der Waals surface area contributed by atoms with Crippen molar-refractivity contribution in [2.24, 2.45) is 0 Å². The summed E-state index contributed by atoms with van der Waals surface area (Å²) in [6, 6.07) is 16.3. The van der Waals surface area contributed by atoms with Crippen LogP contribution in [-0.4, -0.2) is 24.0 Å². The predicted octanol–water partition coefficient (Wildman–Crippen LogP) is 5.56. The van der Waals surface area contributed by atoms with Crippen molar-refractivity contribution in [3.63, 3.8) is 0 Å². The zero-order valence-electron chi connectivity index (χ0n) is 18.0. The highest BCUT2D eigenvalue weighted by Crippen LogP contribution is 2.51. The van der Waals surface area contributed by atoms with E-state index in [1.807, 2.05) is 12.1 Å². The smallest absolute Gasteiger partial charge is 0.454 e. The number of alkyl halides is 3. The van der Waals surface area contributed by atoms with Crippen molar-refractivity contribution in [3.05, 3.63) is 77.4 Å². The van der Waals surface area contributed by atoms with E-state index in [9.17, 15) is 23.1 Å². The molecule has 1 aliphatic heterocycles. The van der Waals surface area contributed by atoms with Crippen LogP contribution in [0.25, 0.3) is 11.1 Å². The third-order valence-electron chi connectivity index (χ3n) is 6.26. The van der Waals surface area contributed by atoms with Gasteiger partial charge in [-0.2, -0.15) is 0 Å². The molecule has 3 aromatic rings. The number of ether oxygens (including phenoxy) is 3. The highest BCUT2D eigenvalue weighted by molar-refractivity contribution is 5.95. The Morgan fingerprint density at radius 3 is 2.53 bits per heavy atom. The second-order valence-electron chi connectivity index (χ2n) is 8.49. The van der Waals surface area contributed by atoms with E-state index in [0.29, 0.717) is 41.0 Å². The monoisotopic (exact) mass is 472 g/mol. The van der Waals surface area contributed by atoms with Crippen LogP contribution in [0.1, 0.15) is 31.0 Å². The highest BCUT2D eigenvalue weighted by atomic mass is 19.4.